The van der Waals surface area contributed by atoms with Gasteiger partial charge in [0.05, 0.1) is 0 Å². The van der Waals surface area contributed by atoms with Gasteiger partial charge in [0.25, 0.3) is 0 Å². The zero-order valence-electron chi connectivity index (χ0n) is 10.9. The quantitative estimate of drug-likeness (QED) is 0.805. The van der Waals surface area contributed by atoms with Crippen molar-refractivity contribution in [2.45, 2.75) is 52.0 Å². The Bertz CT molecular complexity index is 390. The van der Waals surface area contributed by atoms with Crippen molar-refractivity contribution in [3.63, 3.8) is 0 Å². The molecular weight excluding hydrogens is 194 g/mol. The Morgan fingerprint density at radius 2 is 2.06 bits per heavy atom. The van der Waals surface area contributed by atoms with Crippen LogP contribution in [0.15, 0.2) is 18.2 Å². The van der Waals surface area contributed by atoms with Gasteiger partial charge in [-0.25, -0.2) is 0 Å². The largest absolute Gasteiger partial charge is 0.324 e. The van der Waals surface area contributed by atoms with Crippen molar-refractivity contribution in [2.75, 3.05) is 0 Å². The average Bonchev–Trinajstić information content (AvgIpc) is 2.36. The lowest BCUT2D eigenvalue weighted by Crippen LogP contribution is -2.14. The van der Waals surface area contributed by atoms with Crippen molar-refractivity contribution in [1.29, 1.82) is 0 Å². The zero-order chi connectivity index (χ0) is 11.9. The fourth-order valence-corrected chi connectivity index (χ4v) is 2.90. The van der Waals surface area contributed by atoms with Gasteiger partial charge >= 0.3 is 0 Å². The first-order chi connectivity index (χ1) is 7.40. The minimum absolute atomic E-state index is 0.233. The second-order valence-electron chi connectivity index (χ2n) is 6.21. The molecule has 1 aliphatic rings. The molecule has 0 aromatic heterocycles. The lowest BCUT2D eigenvalue weighted by molar-refractivity contribution is 0.481. The Hall–Kier alpha value is -0.820. The number of fused-ring (bicyclic) bond motifs is 1. The molecule has 1 aliphatic carbocycles. The first-order valence-corrected chi connectivity index (χ1v) is 6.29. The van der Waals surface area contributed by atoms with E-state index in [-0.39, 0.29) is 11.5 Å². The van der Waals surface area contributed by atoms with Crippen LogP contribution in [0.2, 0.25) is 0 Å². The Morgan fingerprint density at radius 1 is 1.38 bits per heavy atom. The van der Waals surface area contributed by atoms with E-state index in [0.717, 1.165) is 12.8 Å². The van der Waals surface area contributed by atoms with E-state index in [4.69, 9.17) is 5.73 Å². The highest BCUT2D eigenvalue weighted by Crippen LogP contribution is 2.43. The smallest absolute Gasteiger partial charge is 0.0306 e. The molecule has 1 atom stereocenters. The summed E-state index contributed by atoms with van der Waals surface area (Å²) in [4.78, 5) is 0. The molecule has 0 saturated carbocycles. The van der Waals surface area contributed by atoms with Crippen molar-refractivity contribution in [3.05, 3.63) is 34.9 Å². The van der Waals surface area contributed by atoms with Crippen LogP contribution in [-0.4, -0.2) is 0 Å². The molecule has 0 radical (unpaired) electrons. The third kappa shape index (κ3) is 2.01. The summed E-state index contributed by atoms with van der Waals surface area (Å²) in [7, 11) is 0. The molecule has 1 nitrogen and oxygen atoms in total. The second kappa shape index (κ2) is 3.89. The maximum absolute atomic E-state index is 6.22. The van der Waals surface area contributed by atoms with Crippen LogP contribution in [0.3, 0.4) is 0 Å². The highest BCUT2D eigenvalue weighted by molar-refractivity contribution is 5.43. The number of rotatable bonds is 2. The summed E-state index contributed by atoms with van der Waals surface area (Å²) in [5.41, 5.74) is 10.7. The lowest BCUT2D eigenvalue weighted by atomic mass is 9.86. The van der Waals surface area contributed by atoms with Crippen LogP contribution in [0, 0.1) is 5.92 Å². The van der Waals surface area contributed by atoms with Crippen LogP contribution in [0.1, 0.15) is 56.8 Å². The van der Waals surface area contributed by atoms with E-state index in [0.29, 0.717) is 5.92 Å². The van der Waals surface area contributed by atoms with Gasteiger partial charge < -0.3 is 5.73 Å². The van der Waals surface area contributed by atoms with Crippen molar-refractivity contribution >= 4 is 0 Å². The van der Waals surface area contributed by atoms with Crippen molar-refractivity contribution in [1.82, 2.24) is 0 Å². The topological polar surface area (TPSA) is 26.0 Å². The minimum atomic E-state index is 0.233. The minimum Gasteiger partial charge on any atom is -0.324 e. The summed E-state index contributed by atoms with van der Waals surface area (Å²) >= 11 is 0. The number of hydrogen-bond donors (Lipinski definition) is 1. The molecule has 2 N–H and O–H groups in total. The molecule has 0 unspecified atom stereocenters. The molecule has 88 valence electrons. The van der Waals surface area contributed by atoms with E-state index < -0.39 is 0 Å². The molecule has 16 heavy (non-hydrogen) atoms. The maximum atomic E-state index is 6.22. The van der Waals surface area contributed by atoms with Crippen LogP contribution in [0.4, 0.5) is 0 Å². The third-order valence-corrected chi connectivity index (χ3v) is 3.62. The van der Waals surface area contributed by atoms with E-state index in [2.05, 4.69) is 45.9 Å². The normalized spacial score (nSPS) is 22.5. The highest BCUT2D eigenvalue weighted by atomic mass is 14.7. The van der Waals surface area contributed by atoms with Crippen LogP contribution in [0.5, 0.6) is 0 Å². The van der Waals surface area contributed by atoms with Crippen molar-refractivity contribution in [2.24, 2.45) is 11.7 Å². The van der Waals surface area contributed by atoms with Gasteiger partial charge in [0.15, 0.2) is 0 Å². The Morgan fingerprint density at radius 3 is 2.69 bits per heavy atom. The molecule has 0 spiro atoms. The monoisotopic (exact) mass is 217 g/mol. The molecule has 0 heterocycles. The third-order valence-electron chi connectivity index (χ3n) is 3.62. The number of benzene rings is 1. The van der Waals surface area contributed by atoms with Gasteiger partial charge in [0.2, 0.25) is 0 Å². The fourth-order valence-electron chi connectivity index (χ4n) is 2.90. The molecule has 1 heteroatoms. The summed E-state index contributed by atoms with van der Waals surface area (Å²) in [6.45, 7) is 9.11. The highest BCUT2D eigenvalue weighted by Gasteiger charge is 2.34. The van der Waals surface area contributed by atoms with Gasteiger partial charge in [-0.3, -0.25) is 0 Å². The number of hydrogen-bond acceptors (Lipinski definition) is 1. The zero-order valence-corrected chi connectivity index (χ0v) is 10.9. The molecule has 1 aromatic carbocycles. The summed E-state index contributed by atoms with van der Waals surface area (Å²) in [5, 5.41) is 0. The van der Waals surface area contributed by atoms with Gasteiger partial charge in [-0.1, -0.05) is 45.9 Å². The van der Waals surface area contributed by atoms with Crippen molar-refractivity contribution in [3.8, 4) is 0 Å². The molecule has 0 saturated heterocycles. The van der Waals surface area contributed by atoms with Crippen LogP contribution in [-0.2, 0) is 11.8 Å². The van der Waals surface area contributed by atoms with Gasteiger partial charge in [0, 0.05) is 6.04 Å². The van der Waals surface area contributed by atoms with Crippen molar-refractivity contribution < 1.29 is 0 Å². The van der Waals surface area contributed by atoms with Crippen LogP contribution < -0.4 is 5.73 Å². The summed E-state index contributed by atoms with van der Waals surface area (Å²) in [5.74, 6) is 0.712. The molecule has 0 amide bonds. The fraction of sp³-hybridized carbons (Fsp3) is 0.600. The Balaban J connectivity index is 2.37. The molecule has 1 aromatic rings. The second-order valence-corrected chi connectivity index (χ2v) is 6.21. The standard InChI is InChI=1S/C15H23N/c1-10(2)7-11-5-6-13-12(8-11)14(16)9-15(13,3)4/h5-6,8,10,14H,7,9,16H2,1-4H3/t14-/m1/s1. The molecular formula is C15H23N. The maximum Gasteiger partial charge on any atom is 0.0306 e. The summed E-state index contributed by atoms with van der Waals surface area (Å²) < 4.78 is 0. The number of nitrogens with two attached hydrogens (primary N) is 1. The SMILES string of the molecule is CC(C)Cc1ccc2c(c1)[C@H](N)CC2(C)C. The van der Waals surface area contributed by atoms with E-state index in [1.54, 1.807) is 0 Å². The van der Waals surface area contributed by atoms with Gasteiger partial charge in [0.1, 0.15) is 0 Å². The first-order valence-electron chi connectivity index (χ1n) is 6.29. The molecule has 0 fully saturated rings. The summed E-state index contributed by atoms with van der Waals surface area (Å²) in [6, 6.07) is 7.13. The predicted molar refractivity (Wildman–Crippen MR) is 69.6 cm³/mol. The van der Waals surface area contributed by atoms with Crippen LogP contribution in [0.25, 0.3) is 0 Å². The van der Waals surface area contributed by atoms with Gasteiger partial charge in [-0.05, 0) is 40.9 Å². The van der Waals surface area contributed by atoms with E-state index >= 15 is 0 Å². The Labute approximate surface area is 99.0 Å². The average molecular weight is 217 g/mol. The molecule has 2 rings (SSSR count). The van der Waals surface area contributed by atoms with E-state index in [1.807, 2.05) is 0 Å². The van der Waals surface area contributed by atoms with Gasteiger partial charge in [-0.2, -0.15) is 0 Å². The first kappa shape index (κ1) is 11.7. The van der Waals surface area contributed by atoms with E-state index in [9.17, 15) is 0 Å². The van der Waals surface area contributed by atoms with Crippen LogP contribution >= 0.6 is 0 Å². The molecule has 0 aliphatic heterocycles. The predicted octanol–water partition coefficient (Wildman–Crippen LogP) is 3.57. The molecule has 0 bridgehead atoms. The Kier molecular flexibility index (Phi) is 2.83. The van der Waals surface area contributed by atoms with E-state index in [1.165, 1.54) is 16.7 Å². The summed E-state index contributed by atoms with van der Waals surface area (Å²) in [6.07, 6.45) is 2.23. The lowest BCUT2D eigenvalue weighted by Gasteiger charge is -2.19. The van der Waals surface area contributed by atoms with Gasteiger partial charge in [-0.15, -0.1) is 0 Å².